The SMILES string of the molecule is CCNC(=O)c1sc(NCC(F)F)c(C(N)=O)c1N. The number of carbonyl (C=O) groups is 2. The lowest BCUT2D eigenvalue weighted by Crippen LogP contribution is -2.23. The van der Waals surface area contributed by atoms with Crippen molar-refractivity contribution in [2.45, 2.75) is 13.3 Å². The highest BCUT2D eigenvalue weighted by Gasteiger charge is 2.24. The van der Waals surface area contributed by atoms with Gasteiger partial charge in [-0.1, -0.05) is 0 Å². The minimum Gasteiger partial charge on any atom is -0.397 e. The van der Waals surface area contributed by atoms with Gasteiger partial charge in [0, 0.05) is 6.54 Å². The van der Waals surface area contributed by atoms with E-state index in [1.165, 1.54) is 0 Å². The van der Waals surface area contributed by atoms with Crippen molar-refractivity contribution in [1.82, 2.24) is 5.32 Å². The van der Waals surface area contributed by atoms with Gasteiger partial charge in [0.15, 0.2) is 0 Å². The Kier molecular flexibility index (Phi) is 5.04. The quantitative estimate of drug-likeness (QED) is 0.623. The van der Waals surface area contributed by atoms with Crippen LogP contribution in [0.5, 0.6) is 0 Å². The maximum Gasteiger partial charge on any atom is 0.263 e. The summed E-state index contributed by atoms with van der Waals surface area (Å²) in [6, 6.07) is 0. The molecule has 0 radical (unpaired) electrons. The molecule has 1 heterocycles. The number of anilines is 2. The highest BCUT2D eigenvalue weighted by atomic mass is 32.1. The lowest BCUT2D eigenvalue weighted by atomic mass is 10.2. The number of hydrogen-bond donors (Lipinski definition) is 4. The first-order chi connectivity index (χ1) is 8.88. The van der Waals surface area contributed by atoms with Crippen molar-refractivity contribution in [1.29, 1.82) is 0 Å². The summed E-state index contributed by atoms with van der Waals surface area (Å²) in [7, 11) is 0. The Bertz CT molecular complexity index is 490. The maximum absolute atomic E-state index is 12.2. The van der Waals surface area contributed by atoms with E-state index in [4.69, 9.17) is 11.5 Å². The van der Waals surface area contributed by atoms with Gasteiger partial charge in [-0.3, -0.25) is 9.59 Å². The molecule has 0 fully saturated rings. The first-order valence-electron chi connectivity index (χ1n) is 5.40. The molecule has 0 aliphatic rings. The third-order valence-electron chi connectivity index (χ3n) is 2.15. The van der Waals surface area contributed by atoms with Crippen LogP contribution in [0.1, 0.15) is 27.0 Å². The van der Waals surface area contributed by atoms with Crippen LogP contribution in [0.3, 0.4) is 0 Å². The number of nitrogens with one attached hydrogen (secondary N) is 2. The molecule has 0 aliphatic heterocycles. The molecule has 0 aliphatic carbocycles. The van der Waals surface area contributed by atoms with Crippen LogP contribution in [0.15, 0.2) is 0 Å². The second-order valence-electron chi connectivity index (χ2n) is 3.54. The number of nitrogens with two attached hydrogens (primary N) is 2. The van der Waals surface area contributed by atoms with Gasteiger partial charge in [0.2, 0.25) is 0 Å². The van der Waals surface area contributed by atoms with Gasteiger partial charge in [-0.15, -0.1) is 11.3 Å². The van der Waals surface area contributed by atoms with E-state index < -0.39 is 24.8 Å². The Labute approximate surface area is 112 Å². The Morgan fingerprint density at radius 1 is 1.42 bits per heavy atom. The average Bonchev–Trinajstić information content (AvgIpc) is 2.64. The van der Waals surface area contributed by atoms with E-state index in [1.54, 1.807) is 6.92 Å². The van der Waals surface area contributed by atoms with Crippen molar-refractivity contribution in [3.63, 3.8) is 0 Å². The topological polar surface area (TPSA) is 110 Å². The standard InChI is InChI=1S/C10H14F2N4O2S/c1-2-15-9(18)7-6(13)5(8(14)17)10(19-7)16-3-4(11)12/h4,16H,2-3,13H2,1H3,(H2,14,17)(H,15,18). The Morgan fingerprint density at radius 3 is 2.53 bits per heavy atom. The number of thiophene rings is 1. The van der Waals surface area contributed by atoms with Gasteiger partial charge < -0.3 is 22.1 Å². The molecule has 0 saturated carbocycles. The van der Waals surface area contributed by atoms with Crippen LogP contribution in [-0.4, -0.2) is 31.3 Å². The van der Waals surface area contributed by atoms with Crippen molar-refractivity contribution < 1.29 is 18.4 Å². The zero-order valence-electron chi connectivity index (χ0n) is 10.1. The molecule has 0 aromatic carbocycles. The van der Waals surface area contributed by atoms with Gasteiger partial charge in [-0.05, 0) is 6.92 Å². The lowest BCUT2D eigenvalue weighted by Gasteiger charge is -2.04. The minimum absolute atomic E-state index is 0.0755. The van der Waals surface area contributed by atoms with E-state index in [0.29, 0.717) is 6.54 Å². The number of alkyl halides is 2. The molecule has 0 saturated heterocycles. The van der Waals surface area contributed by atoms with E-state index in [1.807, 2.05) is 0 Å². The fourth-order valence-corrected chi connectivity index (χ4v) is 2.44. The molecule has 106 valence electrons. The molecular weight excluding hydrogens is 278 g/mol. The minimum atomic E-state index is -2.60. The monoisotopic (exact) mass is 292 g/mol. The van der Waals surface area contributed by atoms with Crippen LogP contribution in [0.25, 0.3) is 0 Å². The largest absolute Gasteiger partial charge is 0.397 e. The molecule has 1 aromatic rings. The number of hydrogen-bond acceptors (Lipinski definition) is 5. The summed E-state index contributed by atoms with van der Waals surface area (Å²) in [6.07, 6.45) is -2.60. The average molecular weight is 292 g/mol. The van der Waals surface area contributed by atoms with Crippen molar-refractivity contribution in [3.8, 4) is 0 Å². The second kappa shape index (κ2) is 6.32. The van der Waals surface area contributed by atoms with E-state index in [-0.39, 0.29) is 21.1 Å². The van der Waals surface area contributed by atoms with Crippen LogP contribution in [-0.2, 0) is 0 Å². The predicted octanol–water partition coefficient (Wildman–Crippen LogP) is 0.856. The van der Waals surface area contributed by atoms with Crippen molar-refractivity contribution in [3.05, 3.63) is 10.4 Å². The zero-order valence-corrected chi connectivity index (χ0v) is 10.9. The molecule has 1 aromatic heterocycles. The lowest BCUT2D eigenvalue weighted by molar-refractivity contribution is 0.0960. The molecular formula is C10H14F2N4O2S. The second-order valence-corrected chi connectivity index (χ2v) is 4.57. The third-order valence-corrected chi connectivity index (χ3v) is 3.31. The number of primary amides is 1. The summed E-state index contributed by atoms with van der Waals surface area (Å²) in [5.41, 5.74) is 10.6. The Morgan fingerprint density at radius 2 is 2.05 bits per heavy atom. The smallest absolute Gasteiger partial charge is 0.263 e. The molecule has 19 heavy (non-hydrogen) atoms. The summed E-state index contributed by atoms with van der Waals surface area (Å²) in [5.74, 6) is -1.35. The fraction of sp³-hybridized carbons (Fsp3) is 0.400. The third kappa shape index (κ3) is 3.53. The van der Waals surface area contributed by atoms with E-state index in [0.717, 1.165) is 11.3 Å². The zero-order chi connectivity index (χ0) is 14.6. The van der Waals surface area contributed by atoms with Gasteiger partial charge >= 0.3 is 0 Å². The molecule has 0 atom stereocenters. The molecule has 6 N–H and O–H groups in total. The van der Waals surface area contributed by atoms with E-state index in [2.05, 4.69) is 10.6 Å². The Balaban J connectivity index is 3.12. The fourth-order valence-electron chi connectivity index (χ4n) is 1.39. The van der Waals surface area contributed by atoms with Gasteiger partial charge in [-0.25, -0.2) is 8.78 Å². The number of halogens is 2. The van der Waals surface area contributed by atoms with Crippen LogP contribution in [0.4, 0.5) is 19.5 Å². The first-order valence-corrected chi connectivity index (χ1v) is 6.22. The van der Waals surface area contributed by atoms with Crippen molar-refractivity contribution in [2.75, 3.05) is 24.1 Å². The van der Waals surface area contributed by atoms with Crippen LogP contribution < -0.4 is 22.1 Å². The normalized spacial score (nSPS) is 10.5. The van der Waals surface area contributed by atoms with E-state index >= 15 is 0 Å². The molecule has 0 spiro atoms. The first kappa shape index (κ1) is 15.2. The molecule has 0 bridgehead atoms. The number of nitrogen functional groups attached to an aromatic ring is 1. The van der Waals surface area contributed by atoms with Gasteiger partial charge in [-0.2, -0.15) is 0 Å². The number of amides is 2. The highest BCUT2D eigenvalue weighted by Crippen LogP contribution is 2.35. The summed E-state index contributed by atoms with van der Waals surface area (Å²) < 4.78 is 24.3. The maximum atomic E-state index is 12.2. The van der Waals surface area contributed by atoms with Gasteiger partial charge in [0.1, 0.15) is 9.88 Å². The molecule has 9 heteroatoms. The van der Waals surface area contributed by atoms with Crippen molar-refractivity contribution >= 4 is 33.8 Å². The van der Waals surface area contributed by atoms with Crippen LogP contribution >= 0.6 is 11.3 Å². The molecule has 0 unspecified atom stereocenters. The van der Waals surface area contributed by atoms with E-state index in [9.17, 15) is 18.4 Å². The summed E-state index contributed by atoms with van der Waals surface area (Å²) >= 11 is 0.822. The predicted molar refractivity (Wildman–Crippen MR) is 69.8 cm³/mol. The summed E-state index contributed by atoms with van der Waals surface area (Å²) in [6.45, 7) is 1.43. The molecule has 1 rings (SSSR count). The van der Waals surface area contributed by atoms with Gasteiger partial charge in [0.25, 0.3) is 18.2 Å². The van der Waals surface area contributed by atoms with Crippen molar-refractivity contribution in [2.24, 2.45) is 5.73 Å². The number of rotatable bonds is 6. The van der Waals surface area contributed by atoms with Crippen LogP contribution in [0, 0.1) is 0 Å². The summed E-state index contributed by atoms with van der Waals surface area (Å²) in [5, 5.41) is 4.95. The summed E-state index contributed by atoms with van der Waals surface area (Å²) in [4.78, 5) is 23.0. The highest BCUT2D eigenvalue weighted by molar-refractivity contribution is 7.19. The van der Waals surface area contributed by atoms with Gasteiger partial charge in [0.05, 0.1) is 17.8 Å². The molecule has 6 nitrogen and oxygen atoms in total. The van der Waals surface area contributed by atoms with Crippen LogP contribution in [0.2, 0.25) is 0 Å². The molecule has 2 amide bonds. The Hall–Kier alpha value is -1.90. The number of carbonyl (C=O) groups excluding carboxylic acids is 2.